The molecule has 0 saturated carbocycles. The van der Waals surface area contributed by atoms with Gasteiger partial charge in [0.05, 0.1) is 5.69 Å². The van der Waals surface area contributed by atoms with Crippen molar-refractivity contribution in [1.29, 1.82) is 0 Å². The fraction of sp³-hybridized carbons (Fsp3) is 0. The Morgan fingerprint density at radius 1 is 0.889 bits per heavy atom. The van der Waals surface area contributed by atoms with Gasteiger partial charge in [0.1, 0.15) is 0 Å². The predicted octanol–water partition coefficient (Wildman–Crippen LogP) is 4.91. The number of hydrogen-bond acceptors (Lipinski definition) is 2. The Balaban J connectivity index is 2.09. The second kappa shape index (κ2) is 6.72. The van der Waals surface area contributed by atoms with Gasteiger partial charge in [0.15, 0.2) is 5.17 Å². The van der Waals surface area contributed by atoms with E-state index in [1.807, 2.05) is 48.5 Å². The molecule has 0 fully saturated rings. The number of nitrogens with zero attached hydrogens (tertiary/aromatic N) is 1. The van der Waals surface area contributed by atoms with Gasteiger partial charge >= 0.3 is 0 Å². The minimum atomic E-state index is 0.449. The van der Waals surface area contributed by atoms with E-state index < -0.39 is 0 Å². The second-order valence-electron chi connectivity index (χ2n) is 3.53. The highest BCUT2D eigenvalue weighted by atomic mass is 127. The topological polar surface area (TPSA) is 24.4 Å². The van der Waals surface area contributed by atoms with Crippen molar-refractivity contribution in [3.63, 3.8) is 0 Å². The van der Waals surface area contributed by atoms with E-state index in [9.17, 15) is 0 Å². The molecule has 0 saturated heterocycles. The average molecular weight is 482 g/mol. The Morgan fingerprint density at radius 2 is 1.39 bits per heavy atom. The van der Waals surface area contributed by atoms with Gasteiger partial charge in [-0.3, -0.25) is 5.43 Å². The zero-order valence-corrected chi connectivity index (χ0v) is 14.3. The summed E-state index contributed by atoms with van der Waals surface area (Å²) in [5.41, 5.74) is 4.75. The third-order valence-electron chi connectivity index (χ3n) is 2.21. The number of nitrogens with one attached hydrogen (secondary N) is 1. The maximum atomic E-state index is 6.12. The van der Waals surface area contributed by atoms with Gasteiger partial charge in [-0.15, -0.1) is 0 Å². The van der Waals surface area contributed by atoms with Crippen LogP contribution >= 0.6 is 56.8 Å². The molecular weight excluding hydrogens is 473 g/mol. The number of hydrogen-bond donors (Lipinski definition) is 1. The summed E-state index contributed by atoms with van der Waals surface area (Å²) in [7, 11) is 0. The molecular formula is C13H9ClI2N2. The minimum Gasteiger partial charge on any atom is -0.277 e. The molecule has 1 N–H and O–H groups in total. The van der Waals surface area contributed by atoms with Crippen LogP contribution in [0.2, 0.25) is 0 Å². The van der Waals surface area contributed by atoms with E-state index in [0.29, 0.717) is 5.17 Å². The van der Waals surface area contributed by atoms with Crippen molar-refractivity contribution in [2.75, 3.05) is 5.43 Å². The van der Waals surface area contributed by atoms with E-state index in [2.05, 4.69) is 55.7 Å². The lowest BCUT2D eigenvalue weighted by atomic mass is 10.2. The molecule has 2 nitrogen and oxygen atoms in total. The Kier molecular flexibility index (Phi) is 5.25. The highest BCUT2D eigenvalue weighted by Gasteiger charge is 1.99. The summed E-state index contributed by atoms with van der Waals surface area (Å²) in [6.45, 7) is 0. The lowest BCUT2D eigenvalue weighted by Crippen LogP contribution is -1.97. The summed E-state index contributed by atoms with van der Waals surface area (Å²) in [6, 6.07) is 15.8. The van der Waals surface area contributed by atoms with E-state index in [1.54, 1.807) is 0 Å². The number of halogens is 3. The van der Waals surface area contributed by atoms with Gasteiger partial charge in [0, 0.05) is 12.7 Å². The normalized spacial score (nSPS) is 11.4. The van der Waals surface area contributed by atoms with Crippen LogP contribution in [0.4, 0.5) is 5.69 Å². The summed E-state index contributed by atoms with van der Waals surface area (Å²) in [4.78, 5) is 0. The zero-order valence-electron chi connectivity index (χ0n) is 9.20. The quantitative estimate of drug-likeness (QED) is 0.375. The molecule has 0 aromatic heterocycles. The van der Waals surface area contributed by atoms with Crippen molar-refractivity contribution in [2.24, 2.45) is 5.10 Å². The van der Waals surface area contributed by atoms with E-state index >= 15 is 0 Å². The lowest BCUT2D eigenvalue weighted by molar-refractivity contribution is 1.34. The van der Waals surface area contributed by atoms with Crippen molar-refractivity contribution in [2.45, 2.75) is 0 Å². The van der Waals surface area contributed by atoms with Gasteiger partial charge in [-0.2, -0.15) is 5.10 Å². The molecule has 0 unspecified atom stereocenters. The molecule has 0 bridgehead atoms. The molecule has 0 aliphatic carbocycles. The van der Waals surface area contributed by atoms with Crippen LogP contribution in [0, 0.1) is 7.14 Å². The molecule has 18 heavy (non-hydrogen) atoms. The number of anilines is 1. The van der Waals surface area contributed by atoms with Gasteiger partial charge in [0.2, 0.25) is 0 Å². The Morgan fingerprint density at radius 3 is 1.94 bits per heavy atom. The Hall–Kier alpha value is -0.340. The summed E-state index contributed by atoms with van der Waals surface area (Å²) in [5, 5.41) is 4.60. The third kappa shape index (κ3) is 4.10. The van der Waals surface area contributed by atoms with Crippen LogP contribution in [0.25, 0.3) is 0 Å². The number of hydrazone groups is 1. The van der Waals surface area contributed by atoms with Gasteiger partial charge in [-0.05, 0) is 81.6 Å². The minimum absolute atomic E-state index is 0.449. The maximum absolute atomic E-state index is 6.12. The van der Waals surface area contributed by atoms with Crippen LogP contribution in [-0.2, 0) is 0 Å². The summed E-state index contributed by atoms with van der Waals surface area (Å²) in [5.74, 6) is 0. The molecule has 92 valence electrons. The first-order chi connectivity index (χ1) is 8.65. The molecule has 0 spiro atoms. The highest BCUT2D eigenvalue weighted by Crippen LogP contribution is 2.13. The van der Waals surface area contributed by atoms with Crippen LogP contribution in [0.15, 0.2) is 53.6 Å². The van der Waals surface area contributed by atoms with Gasteiger partial charge in [-0.25, -0.2) is 0 Å². The molecule has 0 amide bonds. The molecule has 2 aromatic rings. The maximum Gasteiger partial charge on any atom is 0.156 e. The fourth-order valence-corrected chi connectivity index (χ4v) is 2.18. The number of rotatable bonds is 3. The van der Waals surface area contributed by atoms with Crippen LogP contribution in [0.3, 0.4) is 0 Å². The predicted molar refractivity (Wildman–Crippen MR) is 94.3 cm³/mol. The molecule has 0 aliphatic rings. The first-order valence-corrected chi connectivity index (χ1v) is 7.69. The molecule has 0 aliphatic heterocycles. The zero-order chi connectivity index (χ0) is 13.0. The average Bonchev–Trinajstić information content (AvgIpc) is 2.38. The molecule has 2 rings (SSSR count). The van der Waals surface area contributed by atoms with Crippen LogP contribution in [0.5, 0.6) is 0 Å². The Bertz CT molecular complexity index is 550. The van der Waals surface area contributed by atoms with Crippen LogP contribution in [0.1, 0.15) is 5.56 Å². The molecule has 0 radical (unpaired) electrons. The van der Waals surface area contributed by atoms with Crippen LogP contribution < -0.4 is 5.43 Å². The highest BCUT2D eigenvalue weighted by molar-refractivity contribution is 14.1. The van der Waals surface area contributed by atoms with Gasteiger partial charge in [0.25, 0.3) is 0 Å². The number of benzene rings is 2. The van der Waals surface area contributed by atoms with Crippen molar-refractivity contribution < 1.29 is 0 Å². The summed E-state index contributed by atoms with van der Waals surface area (Å²) < 4.78 is 2.36. The third-order valence-corrected chi connectivity index (χ3v) is 3.95. The molecule has 0 heterocycles. The van der Waals surface area contributed by atoms with Crippen LogP contribution in [-0.4, -0.2) is 5.17 Å². The van der Waals surface area contributed by atoms with E-state index in [4.69, 9.17) is 11.6 Å². The molecule has 5 heteroatoms. The second-order valence-corrected chi connectivity index (χ2v) is 6.38. The van der Waals surface area contributed by atoms with Crippen molar-refractivity contribution in [3.8, 4) is 0 Å². The lowest BCUT2D eigenvalue weighted by Gasteiger charge is -2.02. The van der Waals surface area contributed by atoms with E-state index in [0.717, 1.165) is 11.3 Å². The molecule has 0 atom stereocenters. The smallest absolute Gasteiger partial charge is 0.156 e. The first-order valence-electron chi connectivity index (χ1n) is 5.16. The standard InChI is InChI=1S/C13H9ClI2N2/c14-13(9-1-3-10(15)4-2-9)18-17-12-7-5-11(16)6-8-12/h1-8,17H/b18-13-. The summed E-state index contributed by atoms with van der Waals surface area (Å²) >= 11 is 10.6. The van der Waals surface area contributed by atoms with E-state index in [1.165, 1.54) is 7.14 Å². The fourth-order valence-electron chi connectivity index (χ4n) is 1.29. The van der Waals surface area contributed by atoms with Crippen molar-refractivity contribution in [3.05, 3.63) is 61.2 Å². The van der Waals surface area contributed by atoms with Gasteiger partial charge in [-0.1, -0.05) is 23.7 Å². The summed E-state index contributed by atoms with van der Waals surface area (Å²) in [6.07, 6.45) is 0. The van der Waals surface area contributed by atoms with Crippen molar-refractivity contribution >= 4 is 67.6 Å². The van der Waals surface area contributed by atoms with Gasteiger partial charge < -0.3 is 0 Å². The SMILES string of the molecule is Cl/C(=N\Nc1ccc(I)cc1)c1ccc(I)cc1. The van der Waals surface area contributed by atoms with Crippen molar-refractivity contribution in [1.82, 2.24) is 0 Å². The Labute approximate surface area is 138 Å². The monoisotopic (exact) mass is 482 g/mol. The largest absolute Gasteiger partial charge is 0.277 e. The first kappa shape index (κ1) is 14.1. The van der Waals surface area contributed by atoms with E-state index in [-0.39, 0.29) is 0 Å². The molecule has 2 aromatic carbocycles.